The number of fused-ring (bicyclic) bond motifs is 2. The van der Waals surface area contributed by atoms with Crippen molar-refractivity contribution >= 4 is 34.3 Å². The predicted molar refractivity (Wildman–Crippen MR) is 218 cm³/mol. The average molecular weight is 753 g/mol. The third kappa shape index (κ3) is 10.3. The van der Waals surface area contributed by atoms with E-state index in [1.807, 2.05) is 31.2 Å². The van der Waals surface area contributed by atoms with Crippen molar-refractivity contribution in [3.8, 4) is 11.5 Å². The highest BCUT2D eigenvalue weighted by molar-refractivity contribution is 6.32. The SMILES string of the molecule is CCc1cc(OCCCOCCOC)cc(C)c1Nc1ccc(Nc2c(CC)cc(OCCCOCCOC)cc2CC)c2c1C(=O)c1ccccc1C2=O. The molecule has 4 aromatic carbocycles. The molecule has 0 unspecified atom stereocenters. The Morgan fingerprint density at radius 3 is 1.42 bits per heavy atom. The van der Waals surface area contributed by atoms with E-state index in [1.54, 1.807) is 38.5 Å². The zero-order valence-electron chi connectivity index (χ0n) is 33.2. The van der Waals surface area contributed by atoms with Crippen molar-refractivity contribution in [1.29, 1.82) is 0 Å². The normalized spacial score (nSPS) is 12.0. The smallest absolute Gasteiger partial charge is 0.196 e. The van der Waals surface area contributed by atoms with Crippen molar-refractivity contribution in [2.45, 2.75) is 59.8 Å². The van der Waals surface area contributed by atoms with Gasteiger partial charge in [0, 0.05) is 62.8 Å². The summed E-state index contributed by atoms with van der Waals surface area (Å²) in [5.41, 5.74) is 8.60. The summed E-state index contributed by atoms with van der Waals surface area (Å²) in [7, 11) is 3.31. The van der Waals surface area contributed by atoms with E-state index < -0.39 is 0 Å². The molecule has 2 N–H and O–H groups in total. The molecule has 4 aromatic rings. The van der Waals surface area contributed by atoms with Gasteiger partial charge in [-0.1, -0.05) is 45.0 Å². The number of anilines is 4. The summed E-state index contributed by atoms with van der Waals surface area (Å²) in [5.74, 6) is 1.19. The quantitative estimate of drug-likeness (QED) is 0.0628. The van der Waals surface area contributed by atoms with Gasteiger partial charge >= 0.3 is 0 Å². The topological polar surface area (TPSA) is 114 Å². The summed E-state index contributed by atoms with van der Waals surface area (Å²) in [5, 5.41) is 7.21. The summed E-state index contributed by atoms with van der Waals surface area (Å²) in [6, 6.07) is 19.0. The minimum atomic E-state index is -0.193. The first-order valence-corrected chi connectivity index (χ1v) is 19.4. The maximum atomic E-state index is 14.4. The van der Waals surface area contributed by atoms with E-state index in [0.717, 1.165) is 77.2 Å². The molecule has 1 aliphatic rings. The standard InChI is InChI=1S/C45H56N2O8/c1-7-31-27-34(54-20-12-18-52-24-22-50-5)26-30(4)42(31)46-38-16-17-39(41-40(38)44(48)36-14-10-11-15-37(36)45(41)49)47-43-32(8-2)28-35(29-33(43)9-3)55-21-13-19-53-25-23-51-6/h10-11,14-17,26-29,46-47H,7-9,12-13,18-25H2,1-6H3. The fraction of sp³-hybridized carbons (Fsp3) is 0.422. The number of ether oxygens (including phenoxy) is 6. The van der Waals surface area contributed by atoms with Crippen molar-refractivity contribution in [1.82, 2.24) is 0 Å². The van der Waals surface area contributed by atoms with E-state index in [-0.39, 0.29) is 11.6 Å². The molecule has 55 heavy (non-hydrogen) atoms. The number of carbonyl (C=O) groups is 2. The van der Waals surface area contributed by atoms with Crippen LogP contribution in [0.3, 0.4) is 0 Å². The molecule has 0 heterocycles. The Labute approximate surface area is 325 Å². The van der Waals surface area contributed by atoms with Crippen LogP contribution >= 0.6 is 0 Å². The lowest BCUT2D eigenvalue weighted by Gasteiger charge is -2.26. The number of hydrogen-bond donors (Lipinski definition) is 2. The lowest BCUT2D eigenvalue weighted by molar-refractivity contribution is 0.0644. The molecule has 0 aromatic heterocycles. The molecule has 0 fully saturated rings. The molecule has 294 valence electrons. The second kappa shape index (κ2) is 20.8. The van der Waals surface area contributed by atoms with Crippen LogP contribution in [0.25, 0.3) is 0 Å². The number of methoxy groups -OCH3 is 2. The lowest BCUT2D eigenvalue weighted by Crippen LogP contribution is -2.23. The molecule has 0 saturated heterocycles. The van der Waals surface area contributed by atoms with Gasteiger partial charge in [-0.2, -0.15) is 0 Å². The number of aryl methyl sites for hydroxylation is 4. The Morgan fingerprint density at radius 2 is 0.964 bits per heavy atom. The molecule has 0 saturated carbocycles. The molecule has 0 atom stereocenters. The molecule has 5 rings (SSSR count). The van der Waals surface area contributed by atoms with Gasteiger partial charge in [0.1, 0.15) is 11.5 Å². The van der Waals surface area contributed by atoms with Gasteiger partial charge in [-0.3, -0.25) is 9.59 Å². The Bertz CT molecular complexity index is 1900. The molecular formula is C45H56N2O8. The molecule has 0 spiro atoms. The van der Waals surface area contributed by atoms with E-state index in [9.17, 15) is 9.59 Å². The fourth-order valence-electron chi connectivity index (χ4n) is 6.79. The minimum absolute atomic E-state index is 0.192. The number of nitrogens with one attached hydrogen (secondary N) is 2. The summed E-state index contributed by atoms with van der Waals surface area (Å²) in [4.78, 5) is 28.8. The van der Waals surface area contributed by atoms with E-state index in [0.29, 0.717) is 86.5 Å². The van der Waals surface area contributed by atoms with Gasteiger partial charge in [-0.05, 0) is 84.8 Å². The van der Waals surface area contributed by atoms with E-state index in [2.05, 4.69) is 43.5 Å². The first kappa shape index (κ1) is 41.4. The lowest BCUT2D eigenvalue weighted by atomic mass is 9.82. The zero-order chi connectivity index (χ0) is 39.2. The van der Waals surface area contributed by atoms with Crippen LogP contribution in [-0.2, 0) is 38.2 Å². The summed E-state index contributed by atoms with van der Waals surface area (Å²) in [6.45, 7) is 12.8. The van der Waals surface area contributed by atoms with Gasteiger partial charge in [0.2, 0.25) is 0 Å². The molecule has 1 aliphatic carbocycles. The first-order valence-electron chi connectivity index (χ1n) is 19.4. The second-order valence-electron chi connectivity index (χ2n) is 13.4. The zero-order valence-corrected chi connectivity index (χ0v) is 33.2. The van der Waals surface area contributed by atoms with Crippen LogP contribution in [-0.4, -0.2) is 78.6 Å². The predicted octanol–water partition coefficient (Wildman–Crippen LogP) is 8.81. The Balaban J connectivity index is 1.44. The largest absolute Gasteiger partial charge is 0.493 e. The molecule has 0 aliphatic heterocycles. The Hall–Kier alpha value is -4.74. The van der Waals surface area contributed by atoms with Gasteiger partial charge in [0.25, 0.3) is 0 Å². The number of rotatable bonds is 23. The summed E-state index contributed by atoms with van der Waals surface area (Å²) < 4.78 is 33.5. The van der Waals surface area contributed by atoms with Crippen molar-refractivity contribution in [3.63, 3.8) is 0 Å². The van der Waals surface area contributed by atoms with Gasteiger partial charge in [-0.15, -0.1) is 0 Å². The second-order valence-corrected chi connectivity index (χ2v) is 13.4. The van der Waals surface area contributed by atoms with Gasteiger partial charge in [0.05, 0.1) is 62.1 Å². The molecule has 0 bridgehead atoms. The molecule has 10 heteroatoms. The van der Waals surface area contributed by atoms with Crippen LogP contribution in [0.4, 0.5) is 22.7 Å². The van der Waals surface area contributed by atoms with Crippen molar-refractivity contribution in [2.75, 3.05) is 77.7 Å². The molecular weight excluding hydrogens is 697 g/mol. The monoisotopic (exact) mass is 752 g/mol. The van der Waals surface area contributed by atoms with Crippen molar-refractivity contribution < 1.29 is 38.0 Å². The molecule has 0 radical (unpaired) electrons. The van der Waals surface area contributed by atoms with Crippen LogP contribution in [0, 0.1) is 6.92 Å². The van der Waals surface area contributed by atoms with E-state index in [4.69, 9.17) is 28.4 Å². The highest BCUT2D eigenvalue weighted by Crippen LogP contribution is 2.41. The van der Waals surface area contributed by atoms with Gasteiger partial charge in [-0.25, -0.2) is 0 Å². The van der Waals surface area contributed by atoms with Crippen LogP contribution in [0.5, 0.6) is 11.5 Å². The van der Waals surface area contributed by atoms with Crippen LogP contribution in [0.15, 0.2) is 60.7 Å². The average Bonchev–Trinajstić information content (AvgIpc) is 3.20. The van der Waals surface area contributed by atoms with Crippen LogP contribution in [0.1, 0.15) is 87.7 Å². The van der Waals surface area contributed by atoms with Crippen molar-refractivity contribution in [3.05, 3.63) is 105 Å². The number of hydrogen-bond acceptors (Lipinski definition) is 10. The van der Waals surface area contributed by atoms with Gasteiger partial charge < -0.3 is 39.1 Å². The first-order chi connectivity index (χ1) is 26.8. The fourth-order valence-corrected chi connectivity index (χ4v) is 6.79. The Morgan fingerprint density at radius 1 is 0.527 bits per heavy atom. The third-order valence-electron chi connectivity index (χ3n) is 9.67. The van der Waals surface area contributed by atoms with E-state index >= 15 is 0 Å². The summed E-state index contributed by atoms with van der Waals surface area (Å²) >= 11 is 0. The maximum absolute atomic E-state index is 14.4. The summed E-state index contributed by atoms with van der Waals surface area (Å²) in [6.07, 6.45) is 3.74. The Kier molecular flexibility index (Phi) is 15.7. The number of carbonyl (C=O) groups excluding carboxylic acids is 2. The van der Waals surface area contributed by atoms with Crippen LogP contribution < -0.4 is 20.1 Å². The molecule has 10 nitrogen and oxygen atoms in total. The maximum Gasteiger partial charge on any atom is 0.196 e. The van der Waals surface area contributed by atoms with Crippen LogP contribution in [0.2, 0.25) is 0 Å². The van der Waals surface area contributed by atoms with Crippen molar-refractivity contribution in [2.24, 2.45) is 0 Å². The van der Waals surface area contributed by atoms with E-state index in [1.165, 1.54) is 0 Å². The highest BCUT2D eigenvalue weighted by atomic mass is 16.5. The van der Waals surface area contributed by atoms with Gasteiger partial charge in [0.15, 0.2) is 11.6 Å². The highest BCUT2D eigenvalue weighted by Gasteiger charge is 2.34. The number of benzene rings is 4. The minimum Gasteiger partial charge on any atom is -0.493 e. The third-order valence-corrected chi connectivity index (χ3v) is 9.67. The number of ketones is 2. The molecule has 0 amide bonds.